The average molecular weight is 490 g/mol. The Morgan fingerprint density at radius 2 is 2.15 bits per heavy atom. The molecule has 1 atom stereocenters. The van der Waals surface area contributed by atoms with Gasteiger partial charge in [0.2, 0.25) is 0 Å². The van der Waals surface area contributed by atoms with Crippen molar-refractivity contribution in [2.45, 2.75) is 56.3 Å². The summed E-state index contributed by atoms with van der Waals surface area (Å²) in [5.41, 5.74) is 1.45. The van der Waals surface area contributed by atoms with Gasteiger partial charge in [-0.15, -0.1) is 0 Å². The lowest BCUT2D eigenvalue weighted by atomic mass is 10.1. The van der Waals surface area contributed by atoms with E-state index in [4.69, 9.17) is 21.3 Å². The molecule has 174 valence electrons. The van der Waals surface area contributed by atoms with Crippen LogP contribution < -0.4 is 10.9 Å². The van der Waals surface area contributed by atoms with Gasteiger partial charge in [0.15, 0.2) is 5.16 Å². The van der Waals surface area contributed by atoms with E-state index in [-0.39, 0.29) is 23.6 Å². The summed E-state index contributed by atoms with van der Waals surface area (Å²) in [7, 11) is 0. The first-order chi connectivity index (χ1) is 15.8. The third-order valence-corrected chi connectivity index (χ3v) is 6.76. The fourth-order valence-corrected chi connectivity index (χ4v) is 5.06. The van der Waals surface area contributed by atoms with E-state index in [9.17, 15) is 14.0 Å². The second-order valence-electron chi connectivity index (χ2n) is 8.33. The maximum atomic E-state index is 13.4. The van der Waals surface area contributed by atoms with Gasteiger partial charge in [-0.1, -0.05) is 29.4 Å². The van der Waals surface area contributed by atoms with Crippen LogP contribution in [0, 0.1) is 5.82 Å². The van der Waals surface area contributed by atoms with Crippen LogP contribution in [-0.4, -0.2) is 34.2 Å². The van der Waals surface area contributed by atoms with Gasteiger partial charge in [0.1, 0.15) is 5.82 Å². The van der Waals surface area contributed by atoms with Crippen molar-refractivity contribution < 1.29 is 13.9 Å². The summed E-state index contributed by atoms with van der Waals surface area (Å²) in [4.78, 5) is 30.6. The predicted octanol–water partition coefficient (Wildman–Crippen LogP) is 4.80. The summed E-state index contributed by atoms with van der Waals surface area (Å²) in [5.74, 6) is -0.208. The molecule has 0 spiro atoms. The Balaban J connectivity index is 1.72. The van der Waals surface area contributed by atoms with Gasteiger partial charge in [0.25, 0.3) is 11.5 Å². The van der Waals surface area contributed by atoms with Gasteiger partial charge < -0.3 is 10.1 Å². The number of carbonyl (C=O) groups is 1. The molecule has 0 aliphatic carbocycles. The topological polar surface area (TPSA) is 73.2 Å². The van der Waals surface area contributed by atoms with E-state index < -0.39 is 5.82 Å². The number of nitrogens with one attached hydrogen (secondary N) is 1. The van der Waals surface area contributed by atoms with Gasteiger partial charge in [-0.25, -0.2) is 9.37 Å². The van der Waals surface area contributed by atoms with E-state index in [0.29, 0.717) is 45.5 Å². The van der Waals surface area contributed by atoms with E-state index in [0.717, 1.165) is 18.4 Å². The largest absolute Gasteiger partial charge is 0.376 e. The number of fused-ring (bicyclic) bond motifs is 1. The zero-order valence-electron chi connectivity index (χ0n) is 18.4. The highest BCUT2D eigenvalue weighted by atomic mass is 35.5. The first-order valence-electron chi connectivity index (χ1n) is 10.9. The zero-order chi connectivity index (χ0) is 23.5. The van der Waals surface area contributed by atoms with Crippen molar-refractivity contribution in [1.29, 1.82) is 0 Å². The SMILES string of the molecule is CC(C)NC(=O)c1ccc2c(=O)n(C[C@H]3CCCO3)c(SCc3ccc(F)cc3Cl)nc2c1. The fourth-order valence-electron chi connectivity index (χ4n) is 3.73. The van der Waals surface area contributed by atoms with Crippen molar-refractivity contribution in [1.82, 2.24) is 14.9 Å². The summed E-state index contributed by atoms with van der Waals surface area (Å²) in [6.45, 7) is 4.85. The number of ether oxygens (including phenoxy) is 1. The lowest BCUT2D eigenvalue weighted by Gasteiger charge is -2.17. The van der Waals surface area contributed by atoms with Gasteiger partial charge >= 0.3 is 0 Å². The Morgan fingerprint density at radius 3 is 2.85 bits per heavy atom. The van der Waals surface area contributed by atoms with Gasteiger partial charge in [-0.05, 0) is 62.6 Å². The molecule has 1 aliphatic heterocycles. The number of amides is 1. The van der Waals surface area contributed by atoms with Crippen molar-refractivity contribution >= 4 is 40.2 Å². The third-order valence-electron chi connectivity index (χ3n) is 5.38. The molecular weight excluding hydrogens is 465 g/mol. The lowest BCUT2D eigenvalue weighted by molar-refractivity contribution is 0.0937. The van der Waals surface area contributed by atoms with Crippen molar-refractivity contribution in [3.63, 3.8) is 0 Å². The second kappa shape index (κ2) is 10.2. The number of thioether (sulfide) groups is 1. The Kier molecular flexibility index (Phi) is 7.36. The van der Waals surface area contributed by atoms with Crippen LogP contribution in [0.25, 0.3) is 10.9 Å². The Morgan fingerprint density at radius 1 is 1.33 bits per heavy atom. The number of carbonyl (C=O) groups excluding carboxylic acids is 1. The standard InChI is InChI=1S/C24H25ClFN3O3S/c1-14(2)27-22(30)15-6-8-19-21(10-15)28-24(29(23(19)31)12-18-4-3-9-32-18)33-13-16-5-7-17(26)11-20(16)25/h5-8,10-11,14,18H,3-4,9,12-13H2,1-2H3,(H,27,30)/t18-/m1/s1. The van der Waals surface area contributed by atoms with E-state index in [1.54, 1.807) is 28.8 Å². The second-order valence-corrected chi connectivity index (χ2v) is 9.68. The number of rotatable bonds is 7. The summed E-state index contributed by atoms with van der Waals surface area (Å²) in [5, 5.41) is 4.12. The summed E-state index contributed by atoms with van der Waals surface area (Å²) in [6.07, 6.45) is 1.79. The molecule has 3 aromatic rings. The molecule has 9 heteroatoms. The molecule has 0 radical (unpaired) electrons. The van der Waals surface area contributed by atoms with Crippen molar-refractivity contribution in [3.8, 4) is 0 Å². The molecule has 4 rings (SSSR count). The van der Waals surface area contributed by atoms with Crippen LogP contribution in [-0.2, 0) is 17.0 Å². The van der Waals surface area contributed by atoms with Crippen molar-refractivity contribution in [3.05, 3.63) is 68.7 Å². The Labute approximate surface area is 200 Å². The van der Waals surface area contributed by atoms with E-state index in [1.807, 2.05) is 13.8 Å². The van der Waals surface area contributed by atoms with Gasteiger partial charge in [0, 0.05) is 29.0 Å². The molecular formula is C24H25ClFN3O3S. The first-order valence-corrected chi connectivity index (χ1v) is 12.2. The molecule has 1 fully saturated rings. The van der Waals surface area contributed by atoms with Crippen LogP contribution in [0.3, 0.4) is 0 Å². The van der Waals surface area contributed by atoms with Crippen LogP contribution in [0.1, 0.15) is 42.6 Å². The highest BCUT2D eigenvalue weighted by Crippen LogP contribution is 2.28. The minimum absolute atomic E-state index is 0.00728. The predicted molar refractivity (Wildman–Crippen MR) is 129 cm³/mol. The minimum Gasteiger partial charge on any atom is -0.376 e. The number of nitrogens with zero attached hydrogens (tertiary/aromatic N) is 2. The third kappa shape index (κ3) is 5.57. The molecule has 2 aromatic carbocycles. The minimum atomic E-state index is -0.403. The van der Waals surface area contributed by atoms with Crippen LogP contribution in [0.2, 0.25) is 5.02 Å². The van der Waals surface area contributed by atoms with Gasteiger partial charge in [-0.2, -0.15) is 0 Å². The maximum Gasteiger partial charge on any atom is 0.262 e. The average Bonchev–Trinajstić information content (AvgIpc) is 3.28. The molecule has 1 N–H and O–H groups in total. The number of halogens is 2. The fraction of sp³-hybridized carbons (Fsp3) is 0.375. The molecule has 0 saturated carbocycles. The smallest absolute Gasteiger partial charge is 0.262 e. The summed E-state index contributed by atoms with van der Waals surface area (Å²) >= 11 is 7.54. The molecule has 6 nitrogen and oxygen atoms in total. The summed E-state index contributed by atoms with van der Waals surface area (Å²) in [6, 6.07) is 9.18. The first kappa shape index (κ1) is 23.7. The monoisotopic (exact) mass is 489 g/mol. The van der Waals surface area contributed by atoms with Crippen LogP contribution in [0.4, 0.5) is 4.39 Å². The Bertz CT molecular complexity index is 1240. The number of benzene rings is 2. The normalized spacial score (nSPS) is 16.0. The zero-order valence-corrected chi connectivity index (χ0v) is 20.0. The van der Waals surface area contributed by atoms with E-state index in [2.05, 4.69) is 5.32 Å². The Hall–Kier alpha value is -2.42. The molecule has 33 heavy (non-hydrogen) atoms. The van der Waals surface area contributed by atoms with Crippen LogP contribution in [0.5, 0.6) is 0 Å². The number of aromatic nitrogens is 2. The number of hydrogen-bond acceptors (Lipinski definition) is 5. The molecule has 1 aromatic heterocycles. The molecule has 0 unspecified atom stereocenters. The van der Waals surface area contributed by atoms with Crippen molar-refractivity contribution in [2.24, 2.45) is 0 Å². The quantitative estimate of drug-likeness (QED) is 0.381. The number of hydrogen-bond donors (Lipinski definition) is 1. The van der Waals surface area contributed by atoms with Crippen molar-refractivity contribution in [2.75, 3.05) is 6.61 Å². The van der Waals surface area contributed by atoms with Gasteiger partial charge in [0.05, 0.1) is 23.6 Å². The molecule has 1 amide bonds. The highest BCUT2D eigenvalue weighted by Gasteiger charge is 2.21. The molecule has 1 saturated heterocycles. The molecule has 2 heterocycles. The van der Waals surface area contributed by atoms with Crippen LogP contribution in [0.15, 0.2) is 46.3 Å². The molecule has 1 aliphatic rings. The lowest BCUT2D eigenvalue weighted by Crippen LogP contribution is -2.31. The van der Waals surface area contributed by atoms with Crippen LogP contribution >= 0.6 is 23.4 Å². The highest BCUT2D eigenvalue weighted by molar-refractivity contribution is 7.98. The van der Waals surface area contributed by atoms with Gasteiger partial charge in [-0.3, -0.25) is 14.2 Å². The van der Waals surface area contributed by atoms with E-state index in [1.165, 1.54) is 23.9 Å². The summed E-state index contributed by atoms with van der Waals surface area (Å²) < 4.78 is 20.8. The molecule has 0 bridgehead atoms. The maximum absolute atomic E-state index is 13.4. The van der Waals surface area contributed by atoms with E-state index >= 15 is 0 Å².